The Balaban J connectivity index is 0.00000112. The SMILES string of the molecule is CC.Cn1cc(-c2coc(C(C)(c3ccc(-c4cnc(N)nc4)cc3)C3CC3)n2)cn1. The van der Waals surface area contributed by atoms with Gasteiger partial charge in [-0.25, -0.2) is 15.0 Å². The molecule has 1 fully saturated rings. The van der Waals surface area contributed by atoms with E-state index in [1.165, 1.54) is 18.4 Å². The van der Waals surface area contributed by atoms with Crippen molar-refractivity contribution < 1.29 is 4.42 Å². The molecule has 5 rings (SSSR count). The third-order valence-electron chi connectivity index (χ3n) is 5.83. The number of oxazole rings is 1. The van der Waals surface area contributed by atoms with Gasteiger partial charge in [0.2, 0.25) is 11.8 Å². The van der Waals surface area contributed by atoms with Gasteiger partial charge in [0.15, 0.2) is 0 Å². The van der Waals surface area contributed by atoms with Crippen molar-refractivity contribution in [2.24, 2.45) is 13.0 Å². The normalized spacial score (nSPS) is 15.1. The molecule has 0 saturated heterocycles. The van der Waals surface area contributed by atoms with E-state index in [1.807, 2.05) is 27.1 Å². The monoisotopic (exact) mass is 416 g/mol. The summed E-state index contributed by atoms with van der Waals surface area (Å²) in [6.07, 6.45) is 11.3. The summed E-state index contributed by atoms with van der Waals surface area (Å²) in [6.45, 7) is 6.23. The van der Waals surface area contributed by atoms with Crippen LogP contribution < -0.4 is 5.73 Å². The van der Waals surface area contributed by atoms with Gasteiger partial charge in [-0.1, -0.05) is 38.1 Å². The minimum Gasteiger partial charge on any atom is -0.447 e. The molecule has 2 N–H and O–H groups in total. The van der Waals surface area contributed by atoms with Crippen LogP contribution in [-0.2, 0) is 12.5 Å². The first-order chi connectivity index (χ1) is 15.0. The van der Waals surface area contributed by atoms with Crippen molar-refractivity contribution in [3.63, 3.8) is 0 Å². The fourth-order valence-electron chi connectivity index (χ4n) is 3.89. The van der Waals surface area contributed by atoms with Crippen molar-refractivity contribution in [1.29, 1.82) is 0 Å². The third kappa shape index (κ3) is 3.95. The highest BCUT2D eigenvalue weighted by atomic mass is 16.3. The zero-order chi connectivity index (χ0) is 22.0. The molecule has 31 heavy (non-hydrogen) atoms. The molecule has 0 spiro atoms. The lowest BCUT2D eigenvalue weighted by atomic mass is 9.77. The lowest BCUT2D eigenvalue weighted by molar-refractivity contribution is 0.357. The van der Waals surface area contributed by atoms with E-state index in [4.69, 9.17) is 15.1 Å². The van der Waals surface area contributed by atoms with Gasteiger partial charge in [-0.05, 0) is 36.8 Å². The summed E-state index contributed by atoms with van der Waals surface area (Å²) in [4.78, 5) is 13.0. The van der Waals surface area contributed by atoms with Crippen LogP contribution in [0.1, 0.15) is 45.1 Å². The Bertz CT molecular complexity index is 1140. The first-order valence-electron chi connectivity index (χ1n) is 10.7. The Morgan fingerprint density at radius 2 is 1.68 bits per heavy atom. The van der Waals surface area contributed by atoms with Crippen molar-refractivity contribution in [3.8, 4) is 22.4 Å². The van der Waals surface area contributed by atoms with E-state index in [0.29, 0.717) is 5.92 Å². The lowest BCUT2D eigenvalue weighted by Gasteiger charge is -2.27. The molecule has 1 aromatic carbocycles. The van der Waals surface area contributed by atoms with Crippen LogP contribution in [0.3, 0.4) is 0 Å². The molecule has 0 bridgehead atoms. The number of nitrogens with two attached hydrogens (primary N) is 1. The second kappa shape index (κ2) is 8.34. The smallest absolute Gasteiger partial charge is 0.219 e. The summed E-state index contributed by atoms with van der Waals surface area (Å²) in [5, 5.41) is 4.23. The molecule has 1 saturated carbocycles. The topological polar surface area (TPSA) is 95.7 Å². The average Bonchev–Trinajstić information content (AvgIpc) is 3.39. The molecule has 1 unspecified atom stereocenters. The Morgan fingerprint density at radius 1 is 1.00 bits per heavy atom. The molecule has 1 atom stereocenters. The van der Waals surface area contributed by atoms with Gasteiger partial charge in [-0.15, -0.1) is 0 Å². The Labute approximate surface area is 182 Å². The van der Waals surface area contributed by atoms with Crippen LogP contribution >= 0.6 is 0 Å². The second-order valence-electron chi connectivity index (χ2n) is 7.82. The number of nitrogens with zero attached hydrogens (tertiary/aromatic N) is 5. The van der Waals surface area contributed by atoms with Crippen LogP contribution in [0.25, 0.3) is 22.4 Å². The molecule has 4 aromatic rings. The first kappa shape index (κ1) is 20.8. The van der Waals surface area contributed by atoms with E-state index in [1.54, 1.807) is 29.5 Å². The van der Waals surface area contributed by atoms with Gasteiger partial charge < -0.3 is 10.2 Å². The molecule has 0 radical (unpaired) electrons. The number of aromatic nitrogens is 5. The van der Waals surface area contributed by atoms with E-state index in [9.17, 15) is 0 Å². The molecule has 0 aliphatic heterocycles. The quantitative estimate of drug-likeness (QED) is 0.499. The van der Waals surface area contributed by atoms with Crippen LogP contribution in [0.5, 0.6) is 0 Å². The summed E-state index contributed by atoms with van der Waals surface area (Å²) in [5.41, 5.74) is 10.3. The number of rotatable bonds is 5. The standard InChI is InChI=1S/C22H22N6O.C2H6/c1-22(18-7-8-18,20-27-19(13-29-20)16-11-26-28(2)12-16)17-5-3-14(4-6-17)15-9-24-21(23)25-10-15;1-2/h3-6,9-13,18H,7-8H2,1-2H3,(H2,23,24,25);1-2H3. The fourth-order valence-corrected chi connectivity index (χ4v) is 3.89. The molecule has 1 aliphatic rings. The number of anilines is 1. The Hall–Kier alpha value is -3.48. The maximum absolute atomic E-state index is 6.00. The molecular weight excluding hydrogens is 388 g/mol. The minimum atomic E-state index is -0.267. The largest absolute Gasteiger partial charge is 0.447 e. The fraction of sp³-hybridized carbons (Fsp3) is 0.333. The van der Waals surface area contributed by atoms with E-state index in [-0.39, 0.29) is 11.4 Å². The molecule has 7 nitrogen and oxygen atoms in total. The van der Waals surface area contributed by atoms with Crippen molar-refractivity contribution in [1.82, 2.24) is 24.7 Å². The predicted molar refractivity (Wildman–Crippen MR) is 121 cm³/mol. The lowest BCUT2D eigenvalue weighted by Crippen LogP contribution is -2.26. The summed E-state index contributed by atoms with van der Waals surface area (Å²) in [6, 6.07) is 8.49. The molecule has 3 aromatic heterocycles. The molecular formula is C24H28N6O. The summed E-state index contributed by atoms with van der Waals surface area (Å²) < 4.78 is 7.76. The van der Waals surface area contributed by atoms with Crippen LogP contribution in [0.4, 0.5) is 5.95 Å². The average molecular weight is 417 g/mol. The maximum Gasteiger partial charge on any atom is 0.219 e. The molecule has 1 aliphatic carbocycles. The van der Waals surface area contributed by atoms with Crippen molar-refractivity contribution in [2.45, 2.75) is 39.0 Å². The summed E-state index contributed by atoms with van der Waals surface area (Å²) in [5.74, 6) is 1.55. The van der Waals surface area contributed by atoms with E-state index >= 15 is 0 Å². The van der Waals surface area contributed by atoms with Gasteiger partial charge in [-0.3, -0.25) is 4.68 Å². The van der Waals surface area contributed by atoms with E-state index in [0.717, 1.165) is 28.3 Å². The molecule has 160 valence electrons. The molecule has 7 heteroatoms. The van der Waals surface area contributed by atoms with Crippen LogP contribution in [0, 0.1) is 5.92 Å². The number of nitrogen functional groups attached to an aromatic ring is 1. The zero-order valence-electron chi connectivity index (χ0n) is 18.4. The van der Waals surface area contributed by atoms with Crippen LogP contribution in [0.15, 0.2) is 59.7 Å². The minimum absolute atomic E-state index is 0.267. The van der Waals surface area contributed by atoms with Gasteiger partial charge in [0.25, 0.3) is 0 Å². The molecule has 0 amide bonds. The maximum atomic E-state index is 6.00. The first-order valence-corrected chi connectivity index (χ1v) is 10.7. The van der Waals surface area contributed by atoms with Crippen LogP contribution in [-0.4, -0.2) is 24.7 Å². The summed E-state index contributed by atoms with van der Waals surface area (Å²) in [7, 11) is 1.90. The van der Waals surface area contributed by atoms with Gasteiger partial charge >= 0.3 is 0 Å². The van der Waals surface area contributed by atoms with Gasteiger partial charge in [-0.2, -0.15) is 5.10 Å². The van der Waals surface area contributed by atoms with Crippen molar-refractivity contribution in [3.05, 3.63) is 66.8 Å². The van der Waals surface area contributed by atoms with E-state index < -0.39 is 0 Å². The number of aryl methyl sites for hydroxylation is 1. The van der Waals surface area contributed by atoms with Crippen molar-refractivity contribution >= 4 is 5.95 Å². The van der Waals surface area contributed by atoms with Gasteiger partial charge in [0, 0.05) is 36.8 Å². The molecule has 3 heterocycles. The Kier molecular flexibility index (Phi) is 5.59. The van der Waals surface area contributed by atoms with Gasteiger partial charge in [0.05, 0.1) is 11.6 Å². The third-order valence-corrected chi connectivity index (χ3v) is 5.83. The van der Waals surface area contributed by atoms with Gasteiger partial charge in [0.1, 0.15) is 12.0 Å². The zero-order valence-corrected chi connectivity index (χ0v) is 18.4. The highest BCUT2D eigenvalue weighted by Crippen LogP contribution is 2.51. The number of hydrogen-bond acceptors (Lipinski definition) is 6. The number of benzene rings is 1. The highest BCUT2D eigenvalue weighted by molar-refractivity contribution is 5.63. The van der Waals surface area contributed by atoms with E-state index in [2.05, 4.69) is 46.3 Å². The highest BCUT2D eigenvalue weighted by Gasteiger charge is 2.47. The van der Waals surface area contributed by atoms with Crippen molar-refractivity contribution in [2.75, 3.05) is 5.73 Å². The number of hydrogen-bond donors (Lipinski definition) is 1. The van der Waals surface area contributed by atoms with Crippen LogP contribution in [0.2, 0.25) is 0 Å². The summed E-state index contributed by atoms with van der Waals surface area (Å²) >= 11 is 0. The Morgan fingerprint density at radius 3 is 2.26 bits per heavy atom. The second-order valence-corrected chi connectivity index (χ2v) is 7.82. The predicted octanol–water partition coefficient (Wildman–Crippen LogP) is 4.86.